The molecule has 0 saturated carbocycles. The predicted molar refractivity (Wildman–Crippen MR) is 113 cm³/mol. The minimum absolute atomic E-state index is 0.562. The van der Waals surface area contributed by atoms with Crippen LogP contribution in [-0.2, 0) is 6.61 Å². The average Bonchev–Trinajstić information content (AvgIpc) is 2.70. The highest BCUT2D eigenvalue weighted by Gasteiger charge is 2.10. The molecular formula is C23H25N3O. The number of ether oxygens (including phenoxy) is 1. The first-order valence-corrected chi connectivity index (χ1v) is 9.46. The van der Waals surface area contributed by atoms with Gasteiger partial charge in [-0.15, -0.1) is 0 Å². The van der Waals surface area contributed by atoms with Gasteiger partial charge in [-0.05, 0) is 65.9 Å². The molecule has 0 atom stereocenters. The summed E-state index contributed by atoms with van der Waals surface area (Å²) in [4.78, 5) is 4.48. The van der Waals surface area contributed by atoms with Crippen molar-refractivity contribution in [3.63, 3.8) is 0 Å². The molecular weight excluding hydrogens is 334 g/mol. The predicted octanol–water partition coefficient (Wildman–Crippen LogP) is 4.80. The number of hydrogen-bond acceptors (Lipinski definition) is 4. The van der Waals surface area contributed by atoms with Crippen molar-refractivity contribution in [3.8, 4) is 5.75 Å². The molecule has 0 unspecified atom stereocenters. The normalized spacial score (nSPS) is 13.8. The van der Waals surface area contributed by atoms with Gasteiger partial charge in [0.2, 0.25) is 0 Å². The van der Waals surface area contributed by atoms with Gasteiger partial charge in [0.05, 0.1) is 0 Å². The monoisotopic (exact) mass is 359 g/mol. The summed E-state index contributed by atoms with van der Waals surface area (Å²) in [6.45, 7) is 6.58. The summed E-state index contributed by atoms with van der Waals surface area (Å²) < 4.78 is 6.12. The Kier molecular flexibility index (Phi) is 4.97. The van der Waals surface area contributed by atoms with Gasteiger partial charge in [0.25, 0.3) is 0 Å². The molecule has 138 valence electrons. The first-order chi connectivity index (χ1) is 13.2. The average molecular weight is 359 g/mol. The summed E-state index contributed by atoms with van der Waals surface area (Å²) >= 11 is 0. The molecule has 0 saturated heterocycles. The fourth-order valence-electron chi connectivity index (χ4n) is 3.31. The standard InChI is InChI=1S/C23H25N3O/c1-16-13-22(17(2)12-21(16)26-23-24-10-5-11-25-23)27-15-18-8-9-19-6-3-4-7-20(19)14-18/h3-4,6-9,12-14H,5,10-11,15H2,1-2H3,(H2,24,25,26). The molecule has 4 heteroatoms. The molecule has 0 spiro atoms. The molecule has 0 aliphatic carbocycles. The van der Waals surface area contributed by atoms with Gasteiger partial charge in [-0.25, -0.2) is 0 Å². The number of aliphatic imine (C=N–C) groups is 1. The third-order valence-corrected chi connectivity index (χ3v) is 4.88. The minimum atomic E-state index is 0.562. The van der Waals surface area contributed by atoms with Crippen LogP contribution in [0.25, 0.3) is 10.8 Å². The van der Waals surface area contributed by atoms with E-state index in [1.165, 1.54) is 16.3 Å². The molecule has 3 aromatic carbocycles. The highest BCUT2D eigenvalue weighted by molar-refractivity contribution is 5.94. The van der Waals surface area contributed by atoms with E-state index in [9.17, 15) is 0 Å². The van der Waals surface area contributed by atoms with E-state index in [2.05, 4.69) is 84.1 Å². The van der Waals surface area contributed by atoms with Crippen LogP contribution in [0.1, 0.15) is 23.1 Å². The summed E-state index contributed by atoms with van der Waals surface area (Å²) in [5, 5.41) is 9.19. The number of hydrogen-bond donors (Lipinski definition) is 2. The number of fused-ring (bicyclic) bond motifs is 1. The zero-order valence-corrected chi connectivity index (χ0v) is 15.9. The van der Waals surface area contributed by atoms with E-state index in [4.69, 9.17) is 4.74 Å². The molecule has 27 heavy (non-hydrogen) atoms. The zero-order chi connectivity index (χ0) is 18.6. The summed E-state index contributed by atoms with van der Waals surface area (Å²) in [5.41, 5.74) is 4.50. The van der Waals surface area contributed by atoms with Crippen LogP contribution in [0.2, 0.25) is 0 Å². The van der Waals surface area contributed by atoms with Gasteiger partial charge in [-0.2, -0.15) is 0 Å². The second-order valence-electron chi connectivity index (χ2n) is 7.04. The van der Waals surface area contributed by atoms with Gasteiger partial charge >= 0.3 is 0 Å². The van der Waals surface area contributed by atoms with Crippen molar-refractivity contribution in [1.29, 1.82) is 0 Å². The maximum atomic E-state index is 6.12. The molecule has 0 aromatic heterocycles. The molecule has 4 rings (SSSR count). The molecule has 0 radical (unpaired) electrons. The highest BCUT2D eigenvalue weighted by atomic mass is 16.5. The molecule has 1 aliphatic heterocycles. The van der Waals surface area contributed by atoms with Crippen LogP contribution in [0.3, 0.4) is 0 Å². The van der Waals surface area contributed by atoms with E-state index in [1.54, 1.807) is 0 Å². The third-order valence-electron chi connectivity index (χ3n) is 4.88. The maximum Gasteiger partial charge on any atom is 0.195 e. The lowest BCUT2D eigenvalue weighted by atomic mass is 10.1. The molecule has 3 aromatic rings. The molecule has 4 nitrogen and oxygen atoms in total. The summed E-state index contributed by atoms with van der Waals surface area (Å²) in [7, 11) is 0. The van der Waals surface area contributed by atoms with Crippen LogP contribution in [0.4, 0.5) is 5.69 Å². The Bertz CT molecular complexity index is 994. The number of rotatable bonds is 4. The molecule has 1 heterocycles. The minimum Gasteiger partial charge on any atom is -0.489 e. The van der Waals surface area contributed by atoms with Gasteiger partial charge in [-0.3, -0.25) is 4.99 Å². The van der Waals surface area contributed by atoms with E-state index in [-0.39, 0.29) is 0 Å². The lowest BCUT2D eigenvalue weighted by Gasteiger charge is -2.19. The number of anilines is 1. The van der Waals surface area contributed by atoms with Gasteiger partial charge in [0.1, 0.15) is 12.4 Å². The van der Waals surface area contributed by atoms with Crippen molar-refractivity contribution < 1.29 is 4.74 Å². The maximum absolute atomic E-state index is 6.12. The van der Waals surface area contributed by atoms with Crippen molar-refractivity contribution in [2.45, 2.75) is 26.9 Å². The van der Waals surface area contributed by atoms with Crippen LogP contribution in [0.15, 0.2) is 59.6 Å². The molecule has 2 N–H and O–H groups in total. The van der Waals surface area contributed by atoms with E-state index in [0.717, 1.165) is 48.0 Å². The van der Waals surface area contributed by atoms with E-state index in [0.29, 0.717) is 6.61 Å². The van der Waals surface area contributed by atoms with E-state index >= 15 is 0 Å². The number of guanidine groups is 1. The smallest absolute Gasteiger partial charge is 0.195 e. The SMILES string of the molecule is Cc1cc(OCc2ccc3ccccc3c2)c(C)cc1NC1=NCCCN1. The largest absolute Gasteiger partial charge is 0.489 e. The second-order valence-corrected chi connectivity index (χ2v) is 7.04. The van der Waals surface area contributed by atoms with Crippen molar-refractivity contribution in [1.82, 2.24) is 5.32 Å². The highest BCUT2D eigenvalue weighted by Crippen LogP contribution is 2.27. The van der Waals surface area contributed by atoms with Crippen LogP contribution >= 0.6 is 0 Å². The van der Waals surface area contributed by atoms with E-state index in [1.807, 2.05) is 0 Å². The van der Waals surface area contributed by atoms with Gasteiger partial charge in [0.15, 0.2) is 5.96 Å². The van der Waals surface area contributed by atoms with Crippen LogP contribution in [0, 0.1) is 13.8 Å². The zero-order valence-electron chi connectivity index (χ0n) is 15.9. The van der Waals surface area contributed by atoms with Crippen molar-refractivity contribution in [2.24, 2.45) is 4.99 Å². The Balaban J connectivity index is 1.48. The van der Waals surface area contributed by atoms with Gasteiger partial charge < -0.3 is 15.4 Å². The fraction of sp³-hybridized carbons (Fsp3) is 0.261. The number of aryl methyl sites for hydroxylation is 2. The fourth-order valence-corrected chi connectivity index (χ4v) is 3.31. The Morgan fingerprint density at radius 1 is 1.00 bits per heavy atom. The molecule has 0 bridgehead atoms. The summed E-state index contributed by atoms with van der Waals surface area (Å²) in [5.74, 6) is 1.78. The summed E-state index contributed by atoms with van der Waals surface area (Å²) in [6.07, 6.45) is 1.09. The number of benzene rings is 3. The molecule has 0 amide bonds. The number of nitrogens with zero attached hydrogens (tertiary/aromatic N) is 1. The van der Waals surface area contributed by atoms with Gasteiger partial charge in [-0.1, -0.05) is 36.4 Å². The van der Waals surface area contributed by atoms with Gasteiger partial charge in [0, 0.05) is 18.8 Å². The first-order valence-electron chi connectivity index (χ1n) is 9.46. The first kappa shape index (κ1) is 17.4. The van der Waals surface area contributed by atoms with E-state index < -0.39 is 0 Å². The Hall–Kier alpha value is -3.01. The van der Waals surface area contributed by atoms with Crippen molar-refractivity contribution >= 4 is 22.4 Å². The van der Waals surface area contributed by atoms with Crippen molar-refractivity contribution in [2.75, 3.05) is 18.4 Å². The Morgan fingerprint density at radius 3 is 2.67 bits per heavy atom. The third kappa shape index (κ3) is 4.05. The van der Waals surface area contributed by atoms with Crippen LogP contribution < -0.4 is 15.4 Å². The lowest BCUT2D eigenvalue weighted by molar-refractivity contribution is 0.304. The Morgan fingerprint density at radius 2 is 1.85 bits per heavy atom. The quantitative estimate of drug-likeness (QED) is 0.703. The molecule has 0 fully saturated rings. The summed E-state index contributed by atoms with van der Waals surface area (Å²) in [6, 6.07) is 19.1. The van der Waals surface area contributed by atoms with Crippen LogP contribution in [0.5, 0.6) is 5.75 Å². The lowest BCUT2D eigenvalue weighted by Crippen LogP contribution is -2.35. The number of nitrogens with one attached hydrogen (secondary N) is 2. The molecule has 1 aliphatic rings. The van der Waals surface area contributed by atoms with Crippen molar-refractivity contribution in [3.05, 3.63) is 71.3 Å². The Labute approximate surface area is 160 Å². The second kappa shape index (κ2) is 7.70. The topological polar surface area (TPSA) is 45.6 Å². The van der Waals surface area contributed by atoms with Crippen LogP contribution in [-0.4, -0.2) is 19.0 Å².